The average molecular weight is 439 g/mol. The molecule has 3 aromatic rings. The molecular formula is C22H26N6O2S. The van der Waals surface area contributed by atoms with Crippen molar-refractivity contribution in [2.24, 2.45) is 0 Å². The van der Waals surface area contributed by atoms with E-state index in [2.05, 4.69) is 19.9 Å². The molecule has 0 amide bonds. The number of sulfonamides is 1. The Labute approximate surface area is 182 Å². The minimum Gasteiger partial charge on any atom is -0.354 e. The SMILES string of the molecule is Cc1ccc(/C=C/S(=O)(=O)N2CCN(c3cc(-n4cnc(C)c4C)ncn3)CC2)cc1. The van der Waals surface area contributed by atoms with Gasteiger partial charge in [-0.2, -0.15) is 4.31 Å². The number of hydrogen-bond acceptors (Lipinski definition) is 6. The standard InChI is InChI=1S/C22H26N6O2S/c1-17-4-6-20(7-5-17)8-13-31(29,30)27-11-9-26(10-12-27)21-14-22(24-15-23-21)28-16-25-18(2)19(28)3/h4-8,13-16H,9-12H2,1-3H3/b13-8+. The summed E-state index contributed by atoms with van der Waals surface area (Å²) in [7, 11) is -3.47. The van der Waals surface area contributed by atoms with Crippen molar-refractivity contribution in [2.45, 2.75) is 20.8 Å². The first-order valence-electron chi connectivity index (χ1n) is 10.2. The fourth-order valence-corrected chi connectivity index (χ4v) is 4.64. The number of piperazine rings is 1. The zero-order valence-corrected chi connectivity index (χ0v) is 18.7. The van der Waals surface area contributed by atoms with E-state index < -0.39 is 10.0 Å². The Hall–Kier alpha value is -3.04. The van der Waals surface area contributed by atoms with E-state index in [0.29, 0.717) is 26.2 Å². The first kappa shape index (κ1) is 21.2. The van der Waals surface area contributed by atoms with E-state index in [9.17, 15) is 8.42 Å². The van der Waals surface area contributed by atoms with Crippen LogP contribution < -0.4 is 4.90 Å². The molecule has 0 radical (unpaired) electrons. The maximum Gasteiger partial charge on any atom is 0.236 e. The number of rotatable bonds is 5. The van der Waals surface area contributed by atoms with Gasteiger partial charge in [0.1, 0.15) is 24.3 Å². The first-order chi connectivity index (χ1) is 14.8. The van der Waals surface area contributed by atoms with Gasteiger partial charge in [-0.05, 0) is 32.4 Å². The highest BCUT2D eigenvalue weighted by atomic mass is 32.2. The van der Waals surface area contributed by atoms with Crippen molar-refractivity contribution in [3.8, 4) is 5.82 Å². The van der Waals surface area contributed by atoms with Gasteiger partial charge in [0.15, 0.2) is 0 Å². The Bertz CT molecular complexity index is 1190. The quantitative estimate of drug-likeness (QED) is 0.609. The molecule has 1 fully saturated rings. The third-order valence-electron chi connectivity index (χ3n) is 5.57. The number of aryl methyl sites for hydroxylation is 2. The van der Waals surface area contributed by atoms with Crippen molar-refractivity contribution in [1.29, 1.82) is 0 Å². The zero-order chi connectivity index (χ0) is 22.0. The van der Waals surface area contributed by atoms with Gasteiger partial charge in [-0.1, -0.05) is 29.8 Å². The Morgan fingerprint density at radius 1 is 0.903 bits per heavy atom. The number of hydrogen-bond donors (Lipinski definition) is 0. The van der Waals surface area contributed by atoms with Gasteiger partial charge in [-0.15, -0.1) is 0 Å². The third-order valence-corrected chi connectivity index (χ3v) is 7.13. The summed E-state index contributed by atoms with van der Waals surface area (Å²) >= 11 is 0. The normalized spacial score (nSPS) is 15.6. The van der Waals surface area contributed by atoms with Gasteiger partial charge in [0.05, 0.1) is 5.69 Å². The zero-order valence-electron chi connectivity index (χ0n) is 17.9. The van der Waals surface area contributed by atoms with Crippen molar-refractivity contribution < 1.29 is 8.42 Å². The molecule has 0 atom stereocenters. The van der Waals surface area contributed by atoms with Crippen LogP contribution in [-0.2, 0) is 10.0 Å². The smallest absolute Gasteiger partial charge is 0.236 e. The van der Waals surface area contributed by atoms with Crippen LogP contribution in [0.4, 0.5) is 5.82 Å². The summed E-state index contributed by atoms with van der Waals surface area (Å²) in [5.74, 6) is 1.53. The van der Waals surface area contributed by atoms with Crippen LogP contribution in [-0.4, -0.2) is 58.4 Å². The Morgan fingerprint density at radius 2 is 1.58 bits per heavy atom. The van der Waals surface area contributed by atoms with Gasteiger partial charge in [0, 0.05) is 43.3 Å². The van der Waals surface area contributed by atoms with Crippen LogP contribution >= 0.6 is 0 Å². The van der Waals surface area contributed by atoms with E-state index >= 15 is 0 Å². The van der Waals surface area contributed by atoms with Crippen LogP contribution in [0.5, 0.6) is 0 Å². The minimum atomic E-state index is -3.47. The van der Waals surface area contributed by atoms with Crippen LogP contribution in [0.2, 0.25) is 0 Å². The summed E-state index contributed by atoms with van der Waals surface area (Å²) in [5, 5.41) is 1.29. The van der Waals surface area contributed by atoms with Gasteiger partial charge in [0.2, 0.25) is 10.0 Å². The van der Waals surface area contributed by atoms with E-state index in [4.69, 9.17) is 0 Å². The Balaban J connectivity index is 1.43. The molecule has 0 N–H and O–H groups in total. The first-order valence-corrected chi connectivity index (χ1v) is 11.7. The average Bonchev–Trinajstić information content (AvgIpc) is 3.12. The van der Waals surface area contributed by atoms with E-state index in [0.717, 1.165) is 34.2 Å². The summed E-state index contributed by atoms with van der Waals surface area (Å²) in [6.07, 6.45) is 4.93. The number of nitrogens with zero attached hydrogens (tertiary/aromatic N) is 6. The summed E-state index contributed by atoms with van der Waals surface area (Å²) in [4.78, 5) is 15.2. The predicted molar refractivity (Wildman–Crippen MR) is 122 cm³/mol. The second kappa shape index (κ2) is 8.60. The maximum atomic E-state index is 12.7. The van der Waals surface area contributed by atoms with Gasteiger partial charge >= 0.3 is 0 Å². The summed E-state index contributed by atoms with van der Waals surface area (Å²) < 4.78 is 28.9. The van der Waals surface area contributed by atoms with Crippen molar-refractivity contribution in [2.75, 3.05) is 31.1 Å². The largest absolute Gasteiger partial charge is 0.354 e. The topological polar surface area (TPSA) is 84.2 Å². The number of anilines is 1. The van der Waals surface area contributed by atoms with E-state index in [1.165, 1.54) is 16.0 Å². The van der Waals surface area contributed by atoms with Crippen LogP contribution in [0.25, 0.3) is 11.9 Å². The van der Waals surface area contributed by atoms with Crippen molar-refractivity contribution in [3.63, 3.8) is 0 Å². The summed E-state index contributed by atoms with van der Waals surface area (Å²) in [5.41, 5.74) is 3.99. The molecule has 0 saturated carbocycles. The number of aromatic nitrogens is 4. The monoisotopic (exact) mass is 438 g/mol. The number of benzene rings is 1. The van der Waals surface area contributed by atoms with Crippen molar-refractivity contribution in [3.05, 3.63) is 70.9 Å². The van der Waals surface area contributed by atoms with Gasteiger partial charge < -0.3 is 4.90 Å². The molecule has 0 unspecified atom stereocenters. The van der Waals surface area contributed by atoms with Crippen LogP contribution in [0.15, 0.2) is 48.4 Å². The highest BCUT2D eigenvalue weighted by Crippen LogP contribution is 2.19. The lowest BCUT2D eigenvalue weighted by Crippen LogP contribution is -2.48. The lowest BCUT2D eigenvalue weighted by molar-refractivity contribution is 0.389. The lowest BCUT2D eigenvalue weighted by atomic mass is 10.2. The second-order valence-corrected chi connectivity index (χ2v) is 9.48. The molecule has 8 nitrogen and oxygen atoms in total. The fraction of sp³-hybridized carbons (Fsp3) is 0.318. The van der Waals surface area contributed by atoms with Crippen LogP contribution in [0, 0.1) is 20.8 Å². The minimum absolute atomic E-state index is 0.406. The maximum absolute atomic E-state index is 12.7. The van der Waals surface area contributed by atoms with Crippen LogP contribution in [0.3, 0.4) is 0 Å². The van der Waals surface area contributed by atoms with E-state index in [-0.39, 0.29) is 0 Å². The molecule has 0 spiro atoms. The molecule has 3 heterocycles. The van der Waals surface area contributed by atoms with Crippen LogP contribution in [0.1, 0.15) is 22.5 Å². The molecule has 0 aliphatic carbocycles. The van der Waals surface area contributed by atoms with E-state index in [1.807, 2.05) is 55.7 Å². The molecule has 2 aromatic heterocycles. The van der Waals surface area contributed by atoms with Gasteiger partial charge in [-0.3, -0.25) is 4.57 Å². The molecule has 0 bridgehead atoms. The van der Waals surface area contributed by atoms with Crippen molar-refractivity contribution in [1.82, 2.24) is 23.8 Å². The lowest BCUT2D eigenvalue weighted by Gasteiger charge is -2.34. The highest BCUT2D eigenvalue weighted by Gasteiger charge is 2.26. The Kier molecular flexibility index (Phi) is 5.88. The molecule has 9 heteroatoms. The third kappa shape index (κ3) is 4.67. The Morgan fingerprint density at radius 3 is 2.23 bits per heavy atom. The molecule has 1 aliphatic heterocycles. The van der Waals surface area contributed by atoms with Crippen molar-refractivity contribution >= 4 is 21.9 Å². The second-order valence-electron chi connectivity index (χ2n) is 7.66. The molecule has 162 valence electrons. The molecule has 1 aliphatic rings. The number of imidazole rings is 1. The highest BCUT2D eigenvalue weighted by molar-refractivity contribution is 7.92. The van der Waals surface area contributed by atoms with E-state index in [1.54, 1.807) is 12.4 Å². The predicted octanol–water partition coefficient (Wildman–Crippen LogP) is 2.71. The van der Waals surface area contributed by atoms with Gasteiger partial charge in [-0.25, -0.2) is 23.4 Å². The molecule has 31 heavy (non-hydrogen) atoms. The molecule has 4 rings (SSSR count). The molecular weight excluding hydrogens is 412 g/mol. The summed E-state index contributed by atoms with van der Waals surface area (Å²) in [6.45, 7) is 7.90. The molecule has 1 saturated heterocycles. The summed E-state index contributed by atoms with van der Waals surface area (Å²) in [6, 6.07) is 9.67. The fourth-order valence-electron chi connectivity index (χ4n) is 3.47. The van der Waals surface area contributed by atoms with Gasteiger partial charge in [0.25, 0.3) is 0 Å². The molecule has 1 aromatic carbocycles.